The third-order valence-electron chi connectivity index (χ3n) is 2.88. The molecule has 0 amide bonds. The van der Waals surface area contributed by atoms with Crippen molar-refractivity contribution in [1.29, 1.82) is 0 Å². The first-order valence-corrected chi connectivity index (χ1v) is 7.62. The molecule has 2 rings (SSSR count). The summed E-state index contributed by atoms with van der Waals surface area (Å²) in [5, 5.41) is 10.8. The largest absolute Gasteiger partial charge is 0.392 e. The molecule has 2 aromatic carbocycles. The lowest BCUT2D eigenvalue weighted by Gasteiger charge is -2.11. The van der Waals surface area contributed by atoms with Crippen LogP contribution in [0.3, 0.4) is 0 Å². The number of halogens is 1. The molecule has 0 fully saturated rings. The lowest BCUT2D eigenvalue weighted by molar-refractivity contribution is 0.200. The SMILES string of the molecule is Cc1ccc(SCC(O)Cc2ccccc2Cl)cc1. The van der Waals surface area contributed by atoms with Crippen molar-refractivity contribution in [2.75, 3.05) is 5.75 Å². The molecule has 0 spiro atoms. The zero-order valence-corrected chi connectivity index (χ0v) is 12.4. The number of aliphatic hydroxyl groups excluding tert-OH is 1. The standard InChI is InChI=1S/C16H17ClOS/c1-12-6-8-15(9-7-12)19-11-14(18)10-13-4-2-3-5-16(13)17/h2-9,14,18H,10-11H2,1H3. The Hall–Kier alpha value is -0.960. The molecule has 1 nitrogen and oxygen atoms in total. The van der Waals surface area contributed by atoms with E-state index in [1.807, 2.05) is 24.3 Å². The molecule has 0 saturated heterocycles. The van der Waals surface area contributed by atoms with E-state index in [1.165, 1.54) is 10.5 Å². The average molecular weight is 293 g/mol. The minimum absolute atomic E-state index is 0.383. The van der Waals surface area contributed by atoms with Crippen molar-refractivity contribution in [3.8, 4) is 0 Å². The third-order valence-corrected chi connectivity index (χ3v) is 4.40. The van der Waals surface area contributed by atoms with Gasteiger partial charge in [0.15, 0.2) is 0 Å². The molecule has 100 valence electrons. The molecule has 0 bridgehead atoms. The van der Waals surface area contributed by atoms with Gasteiger partial charge in [-0.2, -0.15) is 0 Å². The molecule has 3 heteroatoms. The van der Waals surface area contributed by atoms with Gasteiger partial charge in [-0.3, -0.25) is 0 Å². The average Bonchev–Trinajstić information content (AvgIpc) is 2.41. The molecule has 0 saturated carbocycles. The molecule has 19 heavy (non-hydrogen) atoms. The highest BCUT2D eigenvalue weighted by Gasteiger charge is 2.08. The van der Waals surface area contributed by atoms with Crippen LogP contribution in [0.1, 0.15) is 11.1 Å². The van der Waals surface area contributed by atoms with Crippen LogP contribution in [0, 0.1) is 6.92 Å². The van der Waals surface area contributed by atoms with Gasteiger partial charge in [-0.05, 0) is 30.7 Å². The van der Waals surface area contributed by atoms with E-state index in [0.717, 1.165) is 10.6 Å². The predicted octanol–water partition coefficient (Wildman–Crippen LogP) is 4.34. The van der Waals surface area contributed by atoms with Crippen molar-refractivity contribution < 1.29 is 5.11 Å². The van der Waals surface area contributed by atoms with Gasteiger partial charge in [-0.15, -0.1) is 11.8 Å². The molecule has 2 aromatic rings. The highest BCUT2D eigenvalue weighted by atomic mass is 35.5. The number of aliphatic hydroxyl groups is 1. The minimum Gasteiger partial charge on any atom is -0.392 e. The molecule has 0 aliphatic rings. The normalized spacial score (nSPS) is 12.4. The van der Waals surface area contributed by atoms with Crippen LogP contribution in [0.25, 0.3) is 0 Å². The topological polar surface area (TPSA) is 20.2 Å². The maximum Gasteiger partial charge on any atom is 0.0674 e. The first kappa shape index (κ1) is 14.4. The zero-order chi connectivity index (χ0) is 13.7. The van der Waals surface area contributed by atoms with Gasteiger partial charge < -0.3 is 5.11 Å². The fourth-order valence-electron chi connectivity index (χ4n) is 1.80. The molecular formula is C16H17ClOS. The molecule has 0 radical (unpaired) electrons. The number of hydrogen-bond acceptors (Lipinski definition) is 2. The van der Waals surface area contributed by atoms with E-state index in [9.17, 15) is 5.11 Å². The van der Waals surface area contributed by atoms with Crippen molar-refractivity contribution in [3.63, 3.8) is 0 Å². The van der Waals surface area contributed by atoms with Crippen molar-refractivity contribution in [3.05, 3.63) is 64.7 Å². The number of benzene rings is 2. The summed E-state index contributed by atoms with van der Waals surface area (Å²) >= 11 is 7.75. The summed E-state index contributed by atoms with van der Waals surface area (Å²) in [6, 6.07) is 16.0. The Morgan fingerprint density at radius 3 is 2.47 bits per heavy atom. The van der Waals surface area contributed by atoms with Crippen molar-refractivity contribution >= 4 is 23.4 Å². The summed E-state index contributed by atoms with van der Waals surface area (Å²) in [5.41, 5.74) is 2.25. The summed E-state index contributed by atoms with van der Waals surface area (Å²) in [6.45, 7) is 2.07. The van der Waals surface area contributed by atoms with Crippen LogP contribution in [0.2, 0.25) is 5.02 Å². The van der Waals surface area contributed by atoms with Gasteiger partial charge in [-0.1, -0.05) is 47.5 Å². The monoisotopic (exact) mass is 292 g/mol. The van der Waals surface area contributed by atoms with Crippen LogP contribution in [0.15, 0.2) is 53.4 Å². The van der Waals surface area contributed by atoms with E-state index in [4.69, 9.17) is 11.6 Å². The van der Waals surface area contributed by atoms with Crippen molar-refractivity contribution in [1.82, 2.24) is 0 Å². The van der Waals surface area contributed by atoms with Crippen LogP contribution in [0.5, 0.6) is 0 Å². The fourth-order valence-corrected chi connectivity index (χ4v) is 2.85. The van der Waals surface area contributed by atoms with E-state index >= 15 is 0 Å². The van der Waals surface area contributed by atoms with Gasteiger partial charge in [0.25, 0.3) is 0 Å². The Bertz CT molecular complexity index is 525. The lowest BCUT2D eigenvalue weighted by Crippen LogP contribution is -2.13. The predicted molar refractivity (Wildman–Crippen MR) is 83.1 cm³/mol. The van der Waals surface area contributed by atoms with Gasteiger partial charge in [-0.25, -0.2) is 0 Å². The molecule has 1 atom stereocenters. The summed E-state index contributed by atoms with van der Waals surface area (Å²) in [5.74, 6) is 0.675. The smallest absolute Gasteiger partial charge is 0.0674 e. The second kappa shape index (κ2) is 6.99. The Morgan fingerprint density at radius 2 is 1.79 bits per heavy atom. The first-order chi connectivity index (χ1) is 9.15. The Kier molecular flexibility index (Phi) is 5.32. The fraction of sp³-hybridized carbons (Fsp3) is 0.250. The number of rotatable bonds is 5. The van der Waals surface area contributed by atoms with Gasteiger partial charge in [0.2, 0.25) is 0 Å². The highest BCUT2D eigenvalue weighted by Crippen LogP contribution is 2.22. The number of thioether (sulfide) groups is 1. The van der Waals surface area contributed by atoms with E-state index < -0.39 is 0 Å². The van der Waals surface area contributed by atoms with E-state index in [0.29, 0.717) is 12.2 Å². The molecule has 0 aliphatic carbocycles. The van der Waals surface area contributed by atoms with Crippen LogP contribution < -0.4 is 0 Å². The summed E-state index contributed by atoms with van der Waals surface area (Å²) < 4.78 is 0. The third kappa shape index (κ3) is 4.57. The molecule has 0 aliphatic heterocycles. The maximum atomic E-state index is 10.1. The summed E-state index contributed by atoms with van der Waals surface area (Å²) in [7, 11) is 0. The quantitative estimate of drug-likeness (QED) is 0.827. The van der Waals surface area contributed by atoms with Crippen molar-refractivity contribution in [2.24, 2.45) is 0 Å². The Labute approximate surface area is 123 Å². The van der Waals surface area contributed by atoms with E-state index in [1.54, 1.807) is 11.8 Å². The van der Waals surface area contributed by atoms with Gasteiger partial charge in [0, 0.05) is 22.1 Å². The number of hydrogen-bond donors (Lipinski definition) is 1. The van der Waals surface area contributed by atoms with E-state index in [2.05, 4.69) is 31.2 Å². The second-order valence-corrected chi connectivity index (χ2v) is 6.07. The Morgan fingerprint density at radius 1 is 1.11 bits per heavy atom. The van der Waals surface area contributed by atoms with Crippen LogP contribution in [0.4, 0.5) is 0 Å². The van der Waals surface area contributed by atoms with E-state index in [-0.39, 0.29) is 6.10 Å². The molecule has 1 unspecified atom stereocenters. The van der Waals surface area contributed by atoms with Crippen molar-refractivity contribution in [2.45, 2.75) is 24.3 Å². The minimum atomic E-state index is -0.383. The lowest BCUT2D eigenvalue weighted by atomic mass is 10.1. The van der Waals surface area contributed by atoms with Crippen LogP contribution in [-0.4, -0.2) is 17.0 Å². The summed E-state index contributed by atoms with van der Waals surface area (Å²) in [6.07, 6.45) is 0.213. The molecule has 0 aromatic heterocycles. The highest BCUT2D eigenvalue weighted by molar-refractivity contribution is 7.99. The zero-order valence-electron chi connectivity index (χ0n) is 10.8. The van der Waals surface area contributed by atoms with Crippen LogP contribution in [-0.2, 0) is 6.42 Å². The molecular weight excluding hydrogens is 276 g/mol. The van der Waals surface area contributed by atoms with Gasteiger partial charge in [0.05, 0.1) is 6.10 Å². The van der Waals surface area contributed by atoms with Gasteiger partial charge >= 0.3 is 0 Å². The second-order valence-electron chi connectivity index (χ2n) is 4.57. The molecule has 0 heterocycles. The number of aryl methyl sites for hydroxylation is 1. The first-order valence-electron chi connectivity index (χ1n) is 6.26. The Balaban J connectivity index is 1.86. The van der Waals surface area contributed by atoms with Gasteiger partial charge in [0.1, 0.15) is 0 Å². The van der Waals surface area contributed by atoms with Crippen LogP contribution >= 0.6 is 23.4 Å². The molecule has 1 N–H and O–H groups in total. The summed E-state index contributed by atoms with van der Waals surface area (Å²) in [4.78, 5) is 1.18. The maximum absolute atomic E-state index is 10.1.